The van der Waals surface area contributed by atoms with Crippen LogP contribution in [0.4, 0.5) is 0 Å². The fourth-order valence-corrected chi connectivity index (χ4v) is 4.42. The van der Waals surface area contributed by atoms with Gasteiger partial charge in [0.2, 0.25) is 0 Å². The van der Waals surface area contributed by atoms with E-state index in [0.29, 0.717) is 5.92 Å². The summed E-state index contributed by atoms with van der Waals surface area (Å²) in [7, 11) is 0. The molecule has 118 valence electrons. The molecule has 1 aromatic heterocycles. The number of aryl methyl sites for hydroxylation is 2. The average Bonchev–Trinajstić information content (AvgIpc) is 2.75. The fourth-order valence-electron chi connectivity index (χ4n) is 4.02. The summed E-state index contributed by atoms with van der Waals surface area (Å²) >= 11 is 3.69. The van der Waals surface area contributed by atoms with E-state index in [0.717, 1.165) is 49.2 Å². The molecule has 5 heteroatoms. The van der Waals surface area contributed by atoms with Crippen LogP contribution in [0.5, 0.6) is 0 Å². The highest BCUT2D eigenvalue weighted by molar-refractivity contribution is 9.10. The van der Waals surface area contributed by atoms with Crippen molar-refractivity contribution in [3.05, 3.63) is 15.9 Å². The molecule has 0 spiro atoms. The molecule has 0 aromatic carbocycles. The molecular weight excluding hydrogens is 330 g/mol. The molecule has 1 saturated carbocycles. The van der Waals surface area contributed by atoms with Crippen molar-refractivity contribution < 1.29 is 5.11 Å². The van der Waals surface area contributed by atoms with Gasteiger partial charge in [0.25, 0.3) is 0 Å². The standard InChI is InChI=1S/C16H26BrN3O/c1-3-20-14(15(17)12(2)18-20)11-19-9-8-16(21)7-5-4-6-13(16)10-19/h13,21H,3-11H2,1-2H3. The van der Waals surface area contributed by atoms with Gasteiger partial charge in [-0.1, -0.05) is 12.8 Å². The number of halogens is 1. The van der Waals surface area contributed by atoms with Crippen LogP contribution in [-0.2, 0) is 13.1 Å². The van der Waals surface area contributed by atoms with Crippen LogP contribution in [-0.4, -0.2) is 38.5 Å². The Hall–Kier alpha value is -0.390. The van der Waals surface area contributed by atoms with E-state index in [9.17, 15) is 5.11 Å². The van der Waals surface area contributed by atoms with E-state index < -0.39 is 0 Å². The predicted octanol–water partition coefficient (Wildman–Crippen LogP) is 3.10. The Labute approximate surface area is 135 Å². The zero-order chi connectivity index (χ0) is 15.0. The van der Waals surface area contributed by atoms with Crippen LogP contribution in [0.25, 0.3) is 0 Å². The van der Waals surface area contributed by atoms with Crippen LogP contribution < -0.4 is 0 Å². The van der Waals surface area contributed by atoms with E-state index in [1.54, 1.807) is 0 Å². The highest BCUT2D eigenvalue weighted by Crippen LogP contribution is 2.40. The number of aliphatic hydroxyl groups is 1. The smallest absolute Gasteiger partial charge is 0.0739 e. The van der Waals surface area contributed by atoms with Gasteiger partial charge in [0.05, 0.1) is 21.5 Å². The molecule has 2 atom stereocenters. The van der Waals surface area contributed by atoms with Crippen molar-refractivity contribution in [2.75, 3.05) is 13.1 Å². The molecular formula is C16H26BrN3O. The van der Waals surface area contributed by atoms with E-state index in [2.05, 4.69) is 44.5 Å². The van der Waals surface area contributed by atoms with Gasteiger partial charge in [0, 0.05) is 32.1 Å². The van der Waals surface area contributed by atoms with Crippen molar-refractivity contribution >= 4 is 15.9 Å². The minimum Gasteiger partial charge on any atom is -0.390 e. The summed E-state index contributed by atoms with van der Waals surface area (Å²) in [6, 6.07) is 0. The molecule has 0 bridgehead atoms. The lowest BCUT2D eigenvalue weighted by molar-refractivity contribution is -0.0971. The molecule has 1 saturated heterocycles. The SMILES string of the molecule is CCn1nc(C)c(Br)c1CN1CCC2(O)CCCCC2C1. The van der Waals surface area contributed by atoms with E-state index >= 15 is 0 Å². The van der Waals surface area contributed by atoms with Crippen molar-refractivity contribution in [2.45, 2.75) is 64.6 Å². The largest absolute Gasteiger partial charge is 0.390 e. The first-order valence-electron chi connectivity index (χ1n) is 8.20. The van der Waals surface area contributed by atoms with Crippen molar-refractivity contribution in [3.8, 4) is 0 Å². The van der Waals surface area contributed by atoms with Gasteiger partial charge in [-0.05, 0) is 49.0 Å². The summed E-state index contributed by atoms with van der Waals surface area (Å²) < 4.78 is 3.25. The van der Waals surface area contributed by atoms with Crippen LogP contribution in [0.15, 0.2) is 4.47 Å². The van der Waals surface area contributed by atoms with Crippen molar-refractivity contribution in [1.29, 1.82) is 0 Å². The molecule has 4 nitrogen and oxygen atoms in total. The van der Waals surface area contributed by atoms with Gasteiger partial charge in [-0.15, -0.1) is 0 Å². The van der Waals surface area contributed by atoms with Gasteiger partial charge in [-0.25, -0.2) is 0 Å². The van der Waals surface area contributed by atoms with Gasteiger partial charge in [-0.3, -0.25) is 9.58 Å². The van der Waals surface area contributed by atoms with Crippen molar-refractivity contribution in [3.63, 3.8) is 0 Å². The third-order valence-corrected chi connectivity index (χ3v) is 6.37. The van der Waals surface area contributed by atoms with Crippen LogP contribution in [0.2, 0.25) is 0 Å². The van der Waals surface area contributed by atoms with Gasteiger partial charge in [0.1, 0.15) is 0 Å². The summed E-state index contributed by atoms with van der Waals surface area (Å²) in [5, 5.41) is 15.4. The summed E-state index contributed by atoms with van der Waals surface area (Å²) in [6.07, 6.45) is 5.58. The number of hydrogen-bond donors (Lipinski definition) is 1. The molecule has 21 heavy (non-hydrogen) atoms. The zero-order valence-electron chi connectivity index (χ0n) is 13.1. The third-order valence-electron chi connectivity index (χ3n) is 5.34. The first kappa shape index (κ1) is 15.5. The van der Waals surface area contributed by atoms with Crippen molar-refractivity contribution in [1.82, 2.24) is 14.7 Å². The summed E-state index contributed by atoms with van der Waals surface area (Å²) in [5.74, 6) is 0.456. The first-order valence-corrected chi connectivity index (χ1v) is 8.99. The maximum Gasteiger partial charge on any atom is 0.0739 e. The fraction of sp³-hybridized carbons (Fsp3) is 0.812. The van der Waals surface area contributed by atoms with Crippen LogP contribution >= 0.6 is 15.9 Å². The second-order valence-corrected chi connectivity index (χ2v) is 7.49. The van der Waals surface area contributed by atoms with Gasteiger partial charge in [0.15, 0.2) is 0 Å². The van der Waals surface area contributed by atoms with Crippen molar-refractivity contribution in [2.24, 2.45) is 5.92 Å². The second-order valence-electron chi connectivity index (χ2n) is 6.69. The Morgan fingerprint density at radius 1 is 1.38 bits per heavy atom. The minimum absolute atomic E-state index is 0.382. The average molecular weight is 356 g/mol. The number of aromatic nitrogens is 2. The number of nitrogens with zero attached hydrogens (tertiary/aromatic N) is 3. The number of hydrogen-bond acceptors (Lipinski definition) is 3. The number of rotatable bonds is 3. The Morgan fingerprint density at radius 3 is 2.95 bits per heavy atom. The lowest BCUT2D eigenvalue weighted by Gasteiger charge is -2.47. The summed E-state index contributed by atoms with van der Waals surface area (Å²) in [6.45, 7) is 8.05. The maximum absolute atomic E-state index is 10.8. The molecule has 2 aliphatic rings. The van der Waals surface area contributed by atoms with Gasteiger partial charge in [-0.2, -0.15) is 5.10 Å². The monoisotopic (exact) mass is 355 g/mol. The molecule has 2 unspecified atom stereocenters. The Morgan fingerprint density at radius 2 is 2.19 bits per heavy atom. The van der Waals surface area contributed by atoms with Crippen LogP contribution in [0, 0.1) is 12.8 Å². The third kappa shape index (κ3) is 2.92. The minimum atomic E-state index is -0.382. The Kier molecular flexibility index (Phi) is 4.44. The maximum atomic E-state index is 10.8. The highest BCUT2D eigenvalue weighted by Gasteiger charge is 2.42. The normalized spacial score (nSPS) is 30.4. The lowest BCUT2D eigenvalue weighted by Crippen LogP contribution is -2.53. The molecule has 1 aliphatic carbocycles. The highest BCUT2D eigenvalue weighted by atomic mass is 79.9. The predicted molar refractivity (Wildman–Crippen MR) is 87.1 cm³/mol. The molecule has 1 aromatic rings. The zero-order valence-corrected chi connectivity index (χ0v) is 14.7. The molecule has 0 radical (unpaired) electrons. The second kappa shape index (κ2) is 6.01. The molecule has 2 fully saturated rings. The Balaban J connectivity index is 1.72. The van der Waals surface area contributed by atoms with Gasteiger partial charge >= 0.3 is 0 Å². The molecule has 1 N–H and O–H groups in total. The first-order chi connectivity index (χ1) is 10.0. The van der Waals surface area contributed by atoms with E-state index in [-0.39, 0.29) is 5.60 Å². The lowest BCUT2D eigenvalue weighted by atomic mass is 9.71. The quantitative estimate of drug-likeness (QED) is 0.905. The Bertz CT molecular complexity index is 516. The van der Waals surface area contributed by atoms with E-state index in [1.807, 2.05) is 0 Å². The summed E-state index contributed by atoms with van der Waals surface area (Å²) in [4.78, 5) is 2.50. The molecule has 1 aliphatic heterocycles. The van der Waals surface area contributed by atoms with E-state index in [1.165, 1.54) is 25.0 Å². The topological polar surface area (TPSA) is 41.3 Å². The van der Waals surface area contributed by atoms with E-state index in [4.69, 9.17) is 0 Å². The number of piperidine rings is 1. The summed E-state index contributed by atoms with van der Waals surface area (Å²) in [5.41, 5.74) is 1.96. The number of likely N-dealkylation sites (tertiary alicyclic amines) is 1. The molecule has 2 heterocycles. The van der Waals surface area contributed by atoms with Crippen LogP contribution in [0.1, 0.15) is 50.4 Å². The molecule has 3 rings (SSSR count). The van der Waals surface area contributed by atoms with Gasteiger partial charge < -0.3 is 5.11 Å². The number of fused-ring (bicyclic) bond motifs is 1. The molecule has 0 amide bonds. The van der Waals surface area contributed by atoms with Crippen LogP contribution in [0.3, 0.4) is 0 Å².